The van der Waals surface area contributed by atoms with E-state index in [2.05, 4.69) is 106 Å². The van der Waals surface area contributed by atoms with Crippen LogP contribution in [0.3, 0.4) is 0 Å². The summed E-state index contributed by atoms with van der Waals surface area (Å²) in [6.45, 7) is 45.3. The average molecular weight is 2020 g/mol. The van der Waals surface area contributed by atoms with Gasteiger partial charge in [0.15, 0.2) is 18.9 Å². The fourth-order valence-corrected chi connectivity index (χ4v) is 18.0. The number of ether oxygens (including phenoxy) is 21. The van der Waals surface area contributed by atoms with Gasteiger partial charge in [0.25, 0.3) is 0 Å². The number of unbranched alkanes of at least 4 members (excludes halogenated alkanes) is 20. The molecule has 0 aromatic carbocycles. The average Bonchev–Trinajstić information content (AvgIpc) is 0.827. The maximum Gasteiger partial charge on any atom is 0.305 e. The summed E-state index contributed by atoms with van der Waals surface area (Å²) in [5.74, 6) is 2.93. The molecule has 3 aliphatic rings. The summed E-state index contributed by atoms with van der Waals surface area (Å²) in [6, 6.07) is -0.854. The van der Waals surface area contributed by atoms with Gasteiger partial charge in [0.2, 0.25) is 23.6 Å². The first-order valence-electron chi connectivity index (χ1n) is 56.4. The topological polar surface area (TPSA) is 336 Å². The van der Waals surface area contributed by atoms with Crippen LogP contribution in [0, 0.1) is 53.3 Å². The quantitative estimate of drug-likeness (QED) is 0.0376. The van der Waals surface area contributed by atoms with Gasteiger partial charge in [-0.05, 0) is 139 Å². The Hall–Kier alpha value is -3.78. The molecule has 3 saturated heterocycles. The highest BCUT2D eigenvalue weighted by Crippen LogP contribution is 2.40. The van der Waals surface area contributed by atoms with Gasteiger partial charge in [-0.15, -0.1) is 0 Å². The summed E-state index contributed by atoms with van der Waals surface area (Å²) in [5, 5.41) is 9.16. The Morgan fingerprint density at radius 1 is 0.284 bits per heavy atom. The van der Waals surface area contributed by atoms with Gasteiger partial charge in [-0.25, -0.2) is 0 Å². The summed E-state index contributed by atoms with van der Waals surface area (Å²) >= 11 is 0. The Labute approximate surface area is 854 Å². The minimum absolute atomic E-state index is 0.0209. The zero-order valence-corrected chi connectivity index (χ0v) is 91.4. The number of esters is 1. The third kappa shape index (κ3) is 67.8. The lowest BCUT2D eigenvalue weighted by molar-refractivity contribution is -0.248. The highest BCUT2D eigenvalue weighted by Gasteiger charge is 2.42. The predicted octanol–water partition coefficient (Wildman–Crippen LogP) is 18.1. The number of nitrogens with zero attached hydrogens (tertiary/aromatic N) is 1. The normalized spacial score (nSPS) is 21.9. The number of hydrogen-bond donors (Lipinski definition) is 3. The van der Waals surface area contributed by atoms with E-state index in [1.807, 2.05) is 6.92 Å². The maximum absolute atomic E-state index is 14.9. The van der Waals surface area contributed by atoms with Crippen LogP contribution < -0.4 is 16.0 Å². The molecule has 0 aliphatic carbocycles. The number of ketones is 1. The van der Waals surface area contributed by atoms with E-state index in [1.165, 1.54) is 89.9 Å². The molecular weight excluding hydrogens is 1810 g/mol. The summed E-state index contributed by atoms with van der Waals surface area (Å²) in [4.78, 5) is 82.4. The van der Waals surface area contributed by atoms with Crippen molar-refractivity contribution in [3.8, 4) is 0 Å². The third-order valence-corrected chi connectivity index (χ3v) is 28.2. The highest BCUT2D eigenvalue weighted by atomic mass is 16.7. The number of amides is 4. The molecule has 0 aromatic heterocycles. The zero-order chi connectivity index (χ0) is 102. The molecule has 3 fully saturated rings. The minimum Gasteiger partial charge on any atom is -0.463 e. The monoisotopic (exact) mass is 2020 g/mol. The Balaban J connectivity index is 1.25. The molecule has 0 saturated carbocycles. The summed E-state index contributed by atoms with van der Waals surface area (Å²) in [6.07, 6.45) is 33.7. The number of Topliss-reactive ketones (excluding diaryl/α,β-unsaturated/α-hetero) is 1. The lowest BCUT2D eigenvalue weighted by atomic mass is 9.78. The van der Waals surface area contributed by atoms with Crippen LogP contribution in [0.2, 0.25) is 0 Å². The minimum atomic E-state index is -0.854. The SMILES string of the molecule is CCCCCCCCCCCCCCCCCCO[C@H](COCC)COC(=O)CCCOCCOCCOCCOCCOCCOCCOCCOCCOCCOCCOCCOCCC(=O)N[C@@H](CCCCCC(=O)CCCCOC1OC(CC)C(C)C(C)C1C)C(=O)N(CCCNC(=O)CCCCOC1OC(CC)C(C)C(C)C1C)CCCNC(=O)CCCCOC1OC(CC)C(C)C(C)C1C. The molecule has 3 aliphatic heterocycles. The van der Waals surface area contributed by atoms with Crippen molar-refractivity contribution in [3.05, 3.63) is 0 Å². The van der Waals surface area contributed by atoms with Gasteiger partial charge < -0.3 is 120 Å². The Bertz CT molecular complexity index is 2850. The first-order valence-corrected chi connectivity index (χ1v) is 56.4. The van der Waals surface area contributed by atoms with Gasteiger partial charge in [-0.2, -0.15) is 0 Å². The van der Waals surface area contributed by atoms with Crippen LogP contribution in [-0.4, -0.2) is 321 Å². The largest absolute Gasteiger partial charge is 0.463 e. The molecule has 141 heavy (non-hydrogen) atoms. The summed E-state index contributed by atoms with van der Waals surface area (Å²) in [5.41, 5.74) is 0. The third-order valence-electron chi connectivity index (χ3n) is 28.2. The molecule has 4 amide bonds. The Morgan fingerprint density at radius 2 is 0.603 bits per heavy atom. The predicted molar refractivity (Wildman–Crippen MR) is 551 cm³/mol. The van der Waals surface area contributed by atoms with Crippen molar-refractivity contribution in [2.24, 2.45) is 53.3 Å². The molecule has 31 nitrogen and oxygen atoms in total. The van der Waals surface area contributed by atoms with Crippen molar-refractivity contribution >= 4 is 35.4 Å². The van der Waals surface area contributed by atoms with E-state index in [4.69, 9.17) is 99.5 Å². The molecule has 15 unspecified atom stereocenters. The molecule has 3 heterocycles. The second-order valence-corrected chi connectivity index (χ2v) is 39.4. The summed E-state index contributed by atoms with van der Waals surface area (Å²) in [7, 11) is 0. The van der Waals surface area contributed by atoms with Crippen LogP contribution >= 0.6 is 0 Å². The first kappa shape index (κ1) is 131. The van der Waals surface area contributed by atoms with Crippen LogP contribution in [0.4, 0.5) is 0 Å². The van der Waals surface area contributed by atoms with E-state index in [-0.39, 0.29) is 123 Å². The van der Waals surface area contributed by atoms with Crippen LogP contribution in [0.5, 0.6) is 0 Å². The van der Waals surface area contributed by atoms with Crippen molar-refractivity contribution in [2.45, 2.75) is 390 Å². The van der Waals surface area contributed by atoms with E-state index in [1.54, 1.807) is 4.90 Å². The first-order chi connectivity index (χ1) is 68.7. The lowest BCUT2D eigenvalue weighted by Gasteiger charge is -2.43. The molecular formula is C110H208N4O27. The maximum atomic E-state index is 14.9. The standard InChI is InChI=1S/C110H208N4O27/c1-15-20-21-22-23-24-25-26-27-28-29-30-31-32-33-40-59-134-98(86-121-19-5)87-138-106(119)52-44-58-122-64-66-124-68-70-126-72-74-128-76-78-130-80-82-132-84-85-133-83-81-131-79-77-129-75-73-127-71-69-125-67-65-123-63-53-105(118)113-99(49-36-34-35-47-97(115)48-37-41-60-135-108-94(12)88(6)91(9)100(16-2)139-108)107(120)114(56-45-54-111-103(116)50-38-42-61-136-109-95(13)89(7)92(10)101(17-3)140-109)57-46-55-112-104(117)51-39-43-62-137-110-96(14)90(8)93(11)102(18-4)141-110/h88-96,98-102,108-110H,15-87H2,1-14H3,(H,111,116)(H,112,117)(H,113,118)/t88?,89?,90?,91?,92?,93?,94?,95?,96?,98-,99+,100?,101?,102?,108?,109?,110?/m1/s1. The number of rotatable bonds is 100. The van der Waals surface area contributed by atoms with Gasteiger partial charge in [0.05, 0.1) is 177 Å². The van der Waals surface area contributed by atoms with Crippen molar-refractivity contribution in [2.75, 3.05) is 231 Å². The molecule has 3 rings (SSSR count). The second-order valence-electron chi connectivity index (χ2n) is 39.4. The molecule has 0 spiro atoms. The van der Waals surface area contributed by atoms with E-state index in [9.17, 15) is 28.8 Å². The van der Waals surface area contributed by atoms with Crippen molar-refractivity contribution in [3.63, 3.8) is 0 Å². The van der Waals surface area contributed by atoms with Crippen molar-refractivity contribution in [1.82, 2.24) is 20.9 Å². The molecule has 17 atom stereocenters. The molecule has 0 bridgehead atoms. The van der Waals surface area contributed by atoms with E-state index in [0.29, 0.717) is 336 Å². The Morgan fingerprint density at radius 3 is 0.957 bits per heavy atom. The lowest BCUT2D eigenvalue weighted by Crippen LogP contribution is -2.50. The number of hydrogen-bond acceptors (Lipinski definition) is 27. The Kier molecular flexibility index (Phi) is 85.0. The van der Waals surface area contributed by atoms with Gasteiger partial charge in [-0.1, -0.05) is 199 Å². The van der Waals surface area contributed by atoms with Crippen LogP contribution in [0.25, 0.3) is 0 Å². The van der Waals surface area contributed by atoms with Crippen LogP contribution in [0.1, 0.15) is 341 Å². The molecule has 31 heteroatoms. The molecule has 0 radical (unpaired) electrons. The number of nitrogens with one attached hydrogen (secondary N) is 3. The molecule has 0 aromatic rings. The number of carbonyl (C=O) groups excluding carboxylic acids is 6. The fourth-order valence-electron chi connectivity index (χ4n) is 18.0. The zero-order valence-electron chi connectivity index (χ0n) is 91.4. The van der Waals surface area contributed by atoms with E-state index in [0.717, 1.165) is 57.8 Å². The van der Waals surface area contributed by atoms with E-state index < -0.39 is 6.04 Å². The van der Waals surface area contributed by atoms with Gasteiger partial charge in [0.1, 0.15) is 24.5 Å². The smallest absolute Gasteiger partial charge is 0.305 e. The fraction of sp³-hybridized carbons (Fsp3) is 0.945. The van der Waals surface area contributed by atoms with Gasteiger partial charge >= 0.3 is 5.97 Å². The van der Waals surface area contributed by atoms with Gasteiger partial charge in [-0.3, -0.25) is 28.8 Å². The van der Waals surface area contributed by atoms with Crippen LogP contribution in [-0.2, 0) is 128 Å². The molecule has 3 N–H and O–H groups in total. The van der Waals surface area contributed by atoms with Crippen molar-refractivity contribution < 1.29 is 128 Å². The summed E-state index contributed by atoms with van der Waals surface area (Å²) < 4.78 is 123. The second kappa shape index (κ2) is 91.2. The number of carbonyl (C=O) groups is 6. The molecule has 830 valence electrons. The highest BCUT2D eigenvalue weighted by molar-refractivity contribution is 5.87. The van der Waals surface area contributed by atoms with Crippen LogP contribution in [0.15, 0.2) is 0 Å². The van der Waals surface area contributed by atoms with E-state index >= 15 is 0 Å². The van der Waals surface area contributed by atoms with Gasteiger partial charge in [0, 0.05) is 122 Å². The van der Waals surface area contributed by atoms with Crippen molar-refractivity contribution in [1.29, 1.82) is 0 Å².